The molecule has 0 spiro atoms. The maximum absolute atomic E-state index is 13.3. The van der Waals surface area contributed by atoms with E-state index in [1.807, 2.05) is 0 Å². The van der Waals surface area contributed by atoms with E-state index in [1.165, 1.54) is 0 Å². The van der Waals surface area contributed by atoms with Crippen LogP contribution in [0.5, 0.6) is 5.75 Å². The van der Waals surface area contributed by atoms with Gasteiger partial charge in [-0.1, -0.05) is 13.8 Å². The highest BCUT2D eigenvalue weighted by Crippen LogP contribution is 2.48. The summed E-state index contributed by atoms with van der Waals surface area (Å²) in [7, 11) is 0. The molecule has 0 amide bonds. The fraction of sp³-hybridized carbons (Fsp3) is 0.533. The lowest BCUT2D eigenvalue weighted by Crippen LogP contribution is -2.59. The molecule has 0 aliphatic heterocycles. The van der Waals surface area contributed by atoms with Gasteiger partial charge in [-0.2, -0.15) is 26.3 Å². The summed E-state index contributed by atoms with van der Waals surface area (Å²) >= 11 is 0. The molecule has 0 fully saturated rings. The van der Waals surface area contributed by atoms with Gasteiger partial charge in [0.2, 0.25) is 0 Å². The first-order valence-corrected chi connectivity index (χ1v) is 7.58. The summed E-state index contributed by atoms with van der Waals surface area (Å²) in [6, 6.07) is 2.88. The number of hydrogen-bond donors (Lipinski definition) is 0. The van der Waals surface area contributed by atoms with E-state index >= 15 is 0 Å². The van der Waals surface area contributed by atoms with Crippen LogP contribution in [0.1, 0.15) is 25.3 Å². The molecule has 6 nitrogen and oxygen atoms in total. The topological polar surface area (TPSA) is 78.7 Å². The number of nitro groups is 1. The standard InChI is InChI=1S/C15H13F8NO5/c1-7(2)8-3-9(24(26)27)5-10(4-8)29-12(25)28-6-13(18,19)15(22,23)14(20,21)11(16)17/h3-5,7,11H,6H2,1-2H3. The highest BCUT2D eigenvalue weighted by Gasteiger charge is 2.75. The van der Waals surface area contributed by atoms with Crippen molar-refractivity contribution in [2.24, 2.45) is 0 Å². The predicted octanol–water partition coefficient (Wildman–Crippen LogP) is 5.40. The Bertz CT molecular complexity index is 769. The SMILES string of the molecule is CC(C)c1cc(OC(=O)OCC(F)(F)C(F)(F)C(F)(F)C(F)F)cc([N+](=O)[O-])c1. The maximum Gasteiger partial charge on any atom is 0.514 e. The van der Waals surface area contributed by atoms with Gasteiger partial charge in [-0.05, 0) is 17.5 Å². The molecular formula is C15H13F8NO5. The van der Waals surface area contributed by atoms with Crippen molar-refractivity contribution in [3.63, 3.8) is 0 Å². The van der Waals surface area contributed by atoms with Crippen LogP contribution in [0.15, 0.2) is 18.2 Å². The summed E-state index contributed by atoms with van der Waals surface area (Å²) in [5, 5.41) is 10.8. The molecule has 0 aliphatic rings. The summed E-state index contributed by atoms with van der Waals surface area (Å²) in [5.41, 5.74) is -0.289. The van der Waals surface area contributed by atoms with Gasteiger partial charge in [0.05, 0.1) is 11.0 Å². The average molecular weight is 439 g/mol. The molecule has 164 valence electrons. The van der Waals surface area contributed by atoms with Crippen LogP contribution in [0.4, 0.5) is 45.6 Å². The number of non-ortho nitro benzene ring substituents is 1. The summed E-state index contributed by atoms with van der Waals surface area (Å²) in [6.45, 7) is 0.493. The molecule has 0 N–H and O–H groups in total. The number of carbonyl (C=O) groups is 1. The number of ether oxygens (including phenoxy) is 2. The third kappa shape index (κ3) is 5.23. The van der Waals surface area contributed by atoms with Crippen LogP contribution in [0.3, 0.4) is 0 Å². The number of benzene rings is 1. The van der Waals surface area contributed by atoms with Crippen molar-refractivity contribution in [3.05, 3.63) is 33.9 Å². The Kier molecular flexibility index (Phi) is 7.03. The first kappa shape index (κ1) is 24.4. The summed E-state index contributed by atoms with van der Waals surface area (Å²) in [4.78, 5) is 21.4. The van der Waals surface area contributed by atoms with Gasteiger partial charge in [0.15, 0.2) is 6.61 Å². The molecule has 0 bridgehead atoms. The second kappa shape index (κ2) is 8.37. The monoisotopic (exact) mass is 439 g/mol. The Labute approximate surface area is 157 Å². The van der Waals surface area contributed by atoms with E-state index in [-0.39, 0.29) is 11.5 Å². The normalized spacial score (nSPS) is 13.0. The number of hydrogen-bond acceptors (Lipinski definition) is 5. The molecule has 0 aromatic heterocycles. The molecule has 0 atom stereocenters. The van der Waals surface area contributed by atoms with Gasteiger partial charge >= 0.3 is 30.3 Å². The van der Waals surface area contributed by atoms with Crippen LogP contribution in [-0.2, 0) is 4.74 Å². The molecule has 0 saturated heterocycles. The highest BCUT2D eigenvalue weighted by atomic mass is 19.4. The van der Waals surface area contributed by atoms with Gasteiger partial charge < -0.3 is 9.47 Å². The molecule has 29 heavy (non-hydrogen) atoms. The predicted molar refractivity (Wildman–Crippen MR) is 80.0 cm³/mol. The highest BCUT2D eigenvalue weighted by molar-refractivity contribution is 5.64. The molecule has 1 aromatic rings. The average Bonchev–Trinajstić information content (AvgIpc) is 2.59. The van der Waals surface area contributed by atoms with Gasteiger partial charge in [-0.25, -0.2) is 13.6 Å². The number of nitrogens with zero attached hydrogens (tertiary/aromatic N) is 1. The first-order chi connectivity index (χ1) is 13.0. The van der Waals surface area contributed by atoms with Crippen molar-refractivity contribution in [1.82, 2.24) is 0 Å². The molecule has 0 heterocycles. The van der Waals surface area contributed by atoms with E-state index in [9.17, 15) is 50.0 Å². The Hall–Kier alpha value is -2.67. The Morgan fingerprint density at radius 3 is 2.10 bits per heavy atom. The molecule has 0 radical (unpaired) electrons. The smallest absolute Gasteiger partial charge is 0.427 e. The molecule has 0 aliphatic carbocycles. The molecule has 1 rings (SSSR count). The van der Waals surface area contributed by atoms with Crippen LogP contribution < -0.4 is 4.74 Å². The second-order valence-electron chi connectivity index (χ2n) is 6.02. The van der Waals surface area contributed by atoms with E-state index in [0.29, 0.717) is 6.07 Å². The fourth-order valence-electron chi connectivity index (χ4n) is 1.85. The van der Waals surface area contributed by atoms with Crippen LogP contribution >= 0.6 is 0 Å². The summed E-state index contributed by atoms with van der Waals surface area (Å²) < 4.78 is 110. The van der Waals surface area contributed by atoms with Gasteiger partial charge in [-0.15, -0.1) is 0 Å². The van der Waals surface area contributed by atoms with Crippen molar-refractivity contribution >= 4 is 11.8 Å². The van der Waals surface area contributed by atoms with Crippen LogP contribution in [-0.4, -0.2) is 41.9 Å². The van der Waals surface area contributed by atoms with Crippen molar-refractivity contribution in [2.75, 3.05) is 6.61 Å². The van der Waals surface area contributed by atoms with Gasteiger partial charge in [0.1, 0.15) is 5.75 Å². The minimum Gasteiger partial charge on any atom is -0.427 e. The molecule has 0 unspecified atom stereocenters. The maximum atomic E-state index is 13.3. The van der Waals surface area contributed by atoms with Crippen molar-refractivity contribution in [3.8, 4) is 5.75 Å². The van der Waals surface area contributed by atoms with Crippen molar-refractivity contribution < 1.29 is 54.3 Å². The van der Waals surface area contributed by atoms with Crippen molar-refractivity contribution in [2.45, 2.75) is 44.0 Å². The molecule has 1 aromatic carbocycles. The summed E-state index contributed by atoms with van der Waals surface area (Å²) in [6.07, 6.45) is -7.22. The van der Waals surface area contributed by atoms with E-state index in [1.54, 1.807) is 13.8 Å². The molecule has 14 heteroatoms. The second-order valence-corrected chi connectivity index (χ2v) is 6.02. The zero-order valence-corrected chi connectivity index (χ0v) is 14.6. The molecular weight excluding hydrogens is 426 g/mol. The van der Waals surface area contributed by atoms with E-state index < -0.39 is 53.3 Å². The van der Waals surface area contributed by atoms with E-state index in [2.05, 4.69) is 9.47 Å². The number of carbonyl (C=O) groups excluding carboxylic acids is 1. The zero-order chi connectivity index (χ0) is 22.8. The van der Waals surface area contributed by atoms with Gasteiger partial charge in [0.25, 0.3) is 5.69 Å². The lowest BCUT2D eigenvalue weighted by Gasteiger charge is -2.31. The first-order valence-electron chi connectivity index (χ1n) is 7.58. The van der Waals surface area contributed by atoms with Crippen LogP contribution in [0, 0.1) is 10.1 Å². The van der Waals surface area contributed by atoms with E-state index in [0.717, 1.165) is 12.1 Å². The largest absolute Gasteiger partial charge is 0.514 e. The lowest BCUT2D eigenvalue weighted by molar-refractivity contribution is -0.385. The summed E-state index contributed by atoms with van der Waals surface area (Å²) in [5.74, 6) is -19.7. The third-order valence-corrected chi connectivity index (χ3v) is 3.52. The third-order valence-electron chi connectivity index (χ3n) is 3.52. The minimum atomic E-state index is -6.55. The quantitative estimate of drug-likeness (QED) is 0.178. The van der Waals surface area contributed by atoms with Gasteiger partial charge in [-0.3, -0.25) is 10.1 Å². The van der Waals surface area contributed by atoms with Crippen LogP contribution in [0.25, 0.3) is 0 Å². The molecule has 0 saturated carbocycles. The van der Waals surface area contributed by atoms with Crippen LogP contribution in [0.2, 0.25) is 0 Å². The van der Waals surface area contributed by atoms with E-state index in [4.69, 9.17) is 0 Å². The van der Waals surface area contributed by atoms with Gasteiger partial charge in [0, 0.05) is 6.07 Å². The minimum absolute atomic E-state index is 0.274. The fourth-order valence-corrected chi connectivity index (χ4v) is 1.85. The van der Waals surface area contributed by atoms with Crippen molar-refractivity contribution in [1.29, 1.82) is 0 Å². The lowest BCUT2D eigenvalue weighted by atomic mass is 10.0. The number of nitro benzene ring substituents is 1. The zero-order valence-electron chi connectivity index (χ0n) is 14.6. The number of halogens is 8. The number of rotatable bonds is 8. The Balaban J connectivity index is 2.95. The Morgan fingerprint density at radius 2 is 1.66 bits per heavy atom. The number of alkyl halides is 8. The Morgan fingerprint density at radius 1 is 1.10 bits per heavy atom.